The summed E-state index contributed by atoms with van der Waals surface area (Å²) in [6.45, 7) is 3.86. The van der Waals surface area contributed by atoms with Crippen LogP contribution in [-0.4, -0.2) is 44.1 Å². The third-order valence-corrected chi connectivity index (χ3v) is 6.35. The van der Waals surface area contributed by atoms with Gasteiger partial charge < -0.3 is 15.0 Å². The number of amides is 2. The van der Waals surface area contributed by atoms with Crippen molar-refractivity contribution in [3.63, 3.8) is 0 Å². The SMILES string of the molecule is C[C@H](Oc1ccccc1)C(=O)N1CCc2c(c(C(=O)NCc3ccccn3)nn2CC2CC2)C1. The molecule has 1 aromatic carbocycles. The molecule has 8 heteroatoms. The van der Waals surface area contributed by atoms with Gasteiger partial charge in [0.2, 0.25) is 0 Å². The van der Waals surface area contributed by atoms with Crippen LogP contribution in [0.5, 0.6) is 5.75 Å². The third-order valence-electron chi connectivity index (χ3n) is 6.35. The maximum absolute atomic E-state index is 13.2. The molecular weight excluding hydrogens is 430 g/mol. The minimum atomic E-state index is -0.619. The number of nitrogens with zero attached hydrogens (tertiary/aromatic N) is 4. The molecule has 1 aliphatic heterocycles. The van der Waals surface area contributed by atoms with Crippen LogP contribution < -0.4 is 10.1 Å². The fraction of sp³-hybridized carbons (Fsp3) is 0.385. The van der Waals surface area contributed by atoms with Crippen LogP contribution in [0.3, 0.4) is 0 Å². The summed E-state index contributed by atoms with van der Waals surface area (Å²) in [6.07, 6.45) is 4.16. The van der Waals surface area contributed by atoms with Crippen LogP contribution in [0.1, 0.15) is 47.2 Å². The molecule has 1 atom stereocenters. The molecule has 5 rings (SSSR count). The van der Waals surface area contributed by atoms with Crippen molar-refractivity contribution in [2.45, 2.75) is 51.9 Å². The molecule has 3 aromatic rings. The van der Waals surface area contributed by atoms with E-state index in [1.807, 2.05) is 53.2 Å². The van der Waals surface area contributed by atoms with Crippen molar-refractivity contribution in [1.82, 2.24) is 25.0 Å². The van der Waals surface area contributed by atoms with Crippen molar-refractivity contribution in [2.24, 2.45) is 5.92 Å². The Morgan fingerprint density at radius 1 is 1.15 bits per heavy atom. The monoisotopic (exact) mass is 459 g/mol. The predicted molar refractivity (Wildman–Crippen MR) is 126 cm³/mol. The molecule has 176 valence electrons. The van der Waals surface area contributed by atoms with Gasteiger partial charge in [-0.05, 0) is 49.9 Å². The first-order valence-corrected chi connectivity index (χ1v) is 11.9. The van der Waals surface area contributed by atoms with E-state index in [9.17, 15) is 9.59 Å². The summed E-state index contributed by atoms with van der Waals surface area (Å²) >= 11 is 0. The number of benzene rings is 1. The first-order valence-electron chi connectivity index (χ1n) is 11.9. The van der Waals surface area contributed by atoms with Crippen LogP contribution in [0, 0.1) is 5.92 Å². The number of hydrogen-bond acceptors (Lipinski definition) is 5. The summed E-state index contributed by atoms with van der Waals surface area (Å²) in [6, 6.07) is 14.9. The molecule has 0 saturated heterocycles. The van der Waals surface area contributed by atoms with Gasteiger partial charge >= 0.3 is 0 Å². The van der Waals surface area contributed by atoms with Crippen molar-refractivity contribution in [3.05, 3.63) is 77.4 Å². The number of para-hydroxylation sites is 1. The van der Waals surface area contributed by atoms with Gasteiger partial charge in [-0.3, -0.25) is 19.3 Å². The Balaban J connectivity index is 1.32. The van der Waals surface area contributed by atoms with E-state index < -0.39 is 6.10 Å². The number of aromatic nitrogens is 3. The van der Waals surface area contributed by atoms with Gasteiger partial charge in [-0.15, -0.1) is 0 Å². The minimum absolute atomic E-state index is 0.0933. The van der Waals surface area contributed by atoms with Gasteiger partial charge in [-0.1, -0.05) is 24.3 Å². The molecular formula is C26H29N5O3. The van der Waals surface area contributed by atoms with E-state index in [-0.39, 0.29) is 11.8 Å². The highest BCUT2D eigenvalue weighted by molar-refractivity contribution is 5.94. The number of fused-ring (bicyclic) bond motifs is 1. The van der Waals surface area contributed by atoms with Crippen molar-refractivity contribution in [3.8, 4) is 5.75 Å². The van der Waals surface area contributed by atoms with E-state index in [0.717, 1.165) is 23.5 Å². The third kappa shape index (κ3) is 4.95. The molecule has 1 saturated carbocycles. The van der Waals surface area contributed by atoms with E-state index in [2.05, 4.69) is 10.3 Å². The maximum Gasteiger partial charge on any atom is 0.272 e. The topological polar surface area (TPSA) is 89.3 Å². The van der Waals surface area contributed by atoms with Crippen LogP contribution in [0.4, 0.5) is 0 Å². The zero-order valence-electron chi connectivity index (χ0n) is 19.3. The second kappa shape index (κ2) is 9.67. The van der Waals surface area contributed by atoms with Gasteiger partial charge in [0, 0.05) is 43.5 Å². The first kappa shape index (κ1) is 22.1. The lowest BCUT2D eigenvalue weighted by Gasteiger charge is -2.30. The molecule has 2 aromatic heterocycles. The highest BCUT2D eigenvalue weighted by Gasteiger charge is 2.33. The molecule has 2 amide bonds. The Labute approximate surface area is 198 Å². The molecule has 3 heterocycles. The lowest BCUT2D eigenvalue weighted by Crippen LogP contribution is -2.43. The molecule has 0 bridgehead atoms. The van der Waals surface area contributed by atoms with Crippen LogP contribution in [0.25, 0.3) is 0 Å². The number of hydrogen-bond donors (Lipinski definition) is 1. The quantitative estimate of drug-likeness (QED) is 0.559. The zero-order valence-corrected chi connectivity index (χ0v) is 19.3. The summed E-state index contributed by atoms with van der Waals surface area (Å²) < 4.78 is 7.84. The summed E-state index contributed by atoms with van der Waals surface area (Å²) in [5, 5.41) is 7.65. The minimum Gasteiger partial charge on any atom is -0.481 e. The molecule has 1 fully saturated rings. The van der Waals surface area contributed by atoms with Crippen LogP contribution in [0.2, 0.25) is 0 Å². The lowest BCUT2D eigenvalue weighted by molar-refractivity contribution is -0.138. The highest BCUT2D eigenvalue weighted by atomic mass is 16.5. The Morgan fingerprint density at radius 2 is 1.94 bits per heavy atom. The largest absolute Gasteiger partial charge is 0.481 e. The predicted octanol–water partition coefficient (Wildman–Crippen LogP) is 2.97. The molecule has 8 nitrogen and oxygen atoms in total. The van der Waals surface area contributed by atoms with Crippen LogP contribution in [0.15, 0.2) is 54.7 Å². The summed E-state index contributed by atoms with van der Waals surface area (Å²) in [5.74, 6) is 0.962. The Morgan fingerprint density at radius 3 is 2.68 bits per heavy atom. The first-order chi connectivity index (χ1) is 16.6. The number of rotatable bonds is 8. The second-order valence-corrected chi connectivity index (χ2v) is 8.99. The van der Waals surface area contributed by atoms with Gasteiger partial charge in [0.25, 0.3) is 11.8 Å². The van der Waals surface area contributed by atoms with Gasteiger partial charge in [-0.2, -0.15) is 5.10 Å². The Hall–Kier alpha value is -3.68. The van der Waals surface area contributed by atoms with Crippen molar-refractivity contribution in [2.75, 3.05) is 6.54 Å². The summed E-state index contributed by atoms with van der Waals surface area (Å²) in [4.78, 5) is 32.3. The Bertz CT molecular complexity index is 1160. The molecule has 0 radical (unpaired) electrons. The van der Waals surface area contributed by atoms with E-state index >= 15 is 0 Å². The van der Waals surface area contributed by atoms with Crippen molar-refractivity contribution in [1.29, 1.82) is 0 Å². The van der Waals surface area contributed by atoms with Gasteiger partial charge in [-0.25, -0.2) is 0 Å². The number of carbonyl (C=O) groups is 2. The molecule has 34 heavy (non-hydrogen) atoms. The van der Waals surface area contributed by atoms with Crippen LogP contribution >= 0.6 is 0 Å². The molecule has 1 aliphatic carbocycles. The fourth-order valence-electron chi connectivity index (χ4n) is 4.33. The molecule has 1 N–H and O–H groups in total. The van der Waals surface area contributed by atoms with E-state index in [0.29, 0.717) is 43.4 Å². The Kier molecular flexibility index (Phi) is 6.29. The number of pyridine rings is 1. The lowest BCUT2D eigenvalue weighted by atomic mass is 10.0. The van der Waals surface area contributed by atoms with Crippen molar-refractivity contribution < 1.29 is 14.3 Å². The maximum atomic E-state index is 13.2. The highest BCUT2D eigenvalue weighted by Crippen LogP contribution is 2.33. The van der Waals surface area contributed by atoms with Gasteiger partial charge in [0.1, 0.15) is 5.75 Å². The van der Waals surface area contributed by atoms with Gasteiger partial charge in [0.15, 0.2) is 11.8 Å². The van der Waals surface area contributed by atoms with E-state index in [1.165, 1.54) is 12.8 Å². The fourth-order valence-corrected chi connectivity index (χ4v) is 4.33. The molecule has 0 unspecified atom stereocenters. The average molecular weight is 460 g/mol. The number of carbonyl (C=O) groups excluding carboxylic acids is 2. The second-order valence-electron chi connectivity index (χ2n) is 8.99. The zero-order chi connectivity index (χ0) is 23.5. The van der Waals surface area contributed by atoms with Gasteiger partial charge in [0.05, 0.1) is 12.2 Å². The normalized spacial score (nSPS) is 16.0. The smallest absolute Gasteiger partial charge is 0.272 e. The van der Waals surface area contributed by atoms with E-state index in [4.69, 9.17) is 9.84 Å². The van der Waals surface area contributed by atoms with E-state index in [1.54, 1.807) is 18.0 Å². The molecule has 0 spiro atoms. The number of ether oxygens (including phenoxy) is 1. The summed E-state index contributed by atoms with van der Waals surface area (Å²) in [5.41, 5.74) is 3.09. The average Bonchev–Trinajstić information content (AvgIpc) is 3.62. The number of nitrogens with one attached hydrogen (secondary N) is 1. The molecule has 2 aliphatic rings. The standard InChI is InChI=1S/C26H29N5O3/c1-18(34-21-8-3-2-4-9-21)26(33)30-14-12-23-22(17-30)24(29-31(23)16-19-10-11-19)25(32)28-15-20-7-5-6-13-27-20/h2-9,13,18-19H,10-12,14-17H2,1H3,(H,28,32)/t18-/m0/s1. The summed E-state index contributed by atoms with van der Waals surface area (Å²) in [7, 11) is 0. The van der Waals surface area contributed by atoms with Crippen LogP contribution in [-0.2, 0) is 30.8 Å². The van der Waals surface area contributed by atoms with Crippen molar-refractivity contribution >= 4 is 11.8 Å².